The number of carbonyl (C=O) groups excluding carboxylic acids is 2. The lowest BCUT2D eigenvalue weighted by atomic mass is 9.98. The van der Waals surface area contributed by atoms with Crippen LogP contribution in [0.5, 0.6) is 5.75 Å². The lowest BCUT2D eigenvalue weighted by molar-refractivity contribution is 0.0633. The monoisotopic (exact) mass is 460 g/mol. The molecule has 4 rings (SSSR count). The molecule has 170 valence electrons. The molecule has 0 saturated carbocycles. The zero-order chi connectivity index (χ0) is 22.9. The Morgan fingerprint density at radius 1 is 1.31 bits per heavy atom. The number of anilines is 1. The molecule has 0 radical (unpaired) electrons. The summed E-state index contributed by atoms with van der Waals surface area (Å²) in [6.07, 6.45) is 3.09. The third-order valence-electron chi connectivity index (χ3n) is 5.29. The second-order valence-corrected chi connectivity index (χ2v) is 9.06. The number of benzene rings is 1. The molecule has 1 unspecified atom stereocenters. The van der Waals surface area contributed by atoms with Crippen LogP contribution in [0.2, 0.25) is 0 Å². The number of amides is 2. The van der Waals surface area contributed by atoms with E-state index in [0.29, 0.717) is 42.3 Å². The van der Waals surface area contributed by atoms with Crippen LogP contribution in [0.1, 0.15) is 39.3 Å². The van der Waals surface area contributed by atoms with Gasteiger partial charge in [0.05, 0.1) is 17.9 Å². The summed E-state index contributed by atoms with van der Waals surface area (Å²) in [5.41, 5.74) is 12.5. The number of hydrogen-bond acceptors (Lipinski definition) is 9. The Kier molecular flexibility index (Phi) is 5.91. The molecular formula is C20H24N6O5S. The van der Waals surface area contributed by atoms with Crippen molar-refractivity contribution in [1.82, 2.24) is 9.88 Å². The molecule has 0 bridgehead atoms. The van der Waals surface area contributed by atoms with E-state index in [9.17, 15) is 18.7 Å². The van der Waals surface area contributed by atoms with E-state index in [0.717, 1.165) is 12.8 Å². The average Bonchev–Trinajstić information content (AvgIpc) is 2.76. The van der Waals surface area contributed by atoms with Gasteiger partial charge in [0.1, 0.15) is 11.4 Å². The van der Waals surface area contributed by atoms with Gasteiger partial charge in [-0.2, -0.15) is 0 Å². The molecule has 2 aliphatic heterocycles. The predicted molar refractivity (Wildman–Crippen MR) is 121 cm³/mol. The second kappa shape index (κ2) is 8.65. The number of likely N-dealkylation sites (tertiary alicyclic amines) is 1. The van der Waals surface area contributed by atoms with E-state index in [1.807, 2.05) is 0 Å². The molecule has 0 spiro atoms. The molecule has 1 aromatic carbocycles. The number of nitrogens with two attached hydrogens (primary N) is 2. The van der Waals surface area contributed by atoms with Crippen molar-refractivity contribution in [3.05, 3.63) is 53.3 Å². The van der Waals surface area contributed by atoms with E-state index in [1.165, 1.54) is 12.3 Å². The summed E-state index contributed by atoms with van der Waals surface area (Å²) < 4.78 is 31.8. The number of nitrogens with zero attached hydrogens (tertiary/aromatic N) is 3. The minimum absolute atomic E-state index is 0.0160. The minimum Gasteiger partial charge on any atom is -0.492 e. The third-order valence-corrected chi connectivity index (χ3v) is 6.24. The number of pyridine rings is 1. The maximum Gasteiger partial charge on any atom is 0.267 e. The van der Waals surface area contributed by atoms with Gasteiger partial charge >= 0.3 is 0 Å². The smallest absolute Gasteiger partial charge is 0.267 e. The average molecular weight is 461 g/mol. The van der Waals surface area contributed by atoms with Crippen molar-refractivity contribution >= 4 is 34.3 Å². The fraction of sp³-hybridized carbons (Fsp3) is 0.300. The molecule has 7 N–H and O–H groups in total. The van der Waals surface area contributed by atoms with Crippen molar-refractivity contribution in [2.45, 2.75) is 12.8 Å². The molecule has 1 aromatic heterocycles. The van der Waals surface area contributed by atoms with Gasteiger partial charge in [0.25, 0.3) is 11.8 Å². The molecule has 12 heteroatoms. The highest BCUT2D eigenvalue weighted by molar-refractivity contribution is 8.24. The zero-order valence-corrected chi connectivity index (χ0v) is 17.9. The second-order valence-electron chi connectivity index (χ2n) is 7.64. The maximum atomic E-state index is 12.9. The molecule has 1 atom stereocenters. The first-order valence-corrected chi connectivity index (χ1v) is 11.5. The van der Waals surface area contributed by atoms with Gasteiger partial charge in [-0.15, -0.1) is 4.40 Å². The number of nitrogens with one attached hydrogen (secondary N) is 1. The number of piperidine rings is 1. The van der Waals surface area contributed by atoms with Gasteiger partial charge in [-0.25, -0.2) is 0 Å². The standard InChI is InChI=1S/C20H24N6O5S/c21-18-17-14(24-32(29,30)25-18)4-1-5-16(17)31-11-12-3-2-8-26(10-12)20(28)13-6-7-23-15(9-13)19(22)27/h1,4-7,9,12,24,29-30H,2-3,8,10-11H2,(H2,21,25)(H2,22,27). The Morgan fingerprint density at radius 2 is 2.12 bits per heavy atom. The summed E-state index contributed by atoms with van der Waals surface area (Å²) in [6.45, 7) is 1.43. The first-order valence-electron chi connectivity index (χ1n) is 9.96. The predicted octanol–water partition coefficient (Wildman–Crippen LogP) is 1.82. The van der Waals surface area contributed by atoms with Crippen LogP contribution in [-0.2, 0) is 0 Å². The molecule has 2 amide bonds. The van der Waals surface area contributed by atoms with Crippen LogP contribution in [-0.4, -0.2) is 56.3 Å². The number of ether oxygens (including phenoxy) is 1. The van der Waals surface area contributed by atoms with Crippen molar-refractivity contribution in [3.63, 3.8) is 0 Å². The Hall–Kier alpha value is -3.35. The van der Waals surface area contributed by atoms with E-state index in [2.05, 4.69) is 14.1 Å². The van der Waals surface area contributed by atoms with Crippen molar-refractivity contribution in [1.29, 1.82) is 0 Å². The summed E-state index contributed by atoms with van der Waals surface area (Å²) >= 11 is 0. The summed E-state index contributed by atoms with van der Waals surface area (Å²) in [5.74, 6) is -0.347. The SMILES string of the molecule is NC(=O)c1cc(C(=O)N2CCCC(COc3cccc4c3C(N)=NS(O)(O)N4)C2)ccn1. The highest BCUT2D eigenvalue weighted by Gasteiger charge is 2.28. The van der Waals surface area contributed by atoms with Crippen LogP contribution in [0.15, 0.2) is 40.9 Å². The van der Waals surface area contributed by atoms with E-state index in [-0.39, 0.29) is 23.4 Å². The number of amidine groups is 1. The number of fused-ring (bicyclic) bond motifs is 1. The van der Waals surface area contributed by atoms with Crippen molar-refractivity contribution in [3.8, 4) is 5.75 Å². The summed E-state index contributed by atoms with van der Waals surface area (Å²) in [7, 11) is -3.37. The fourth-order valence-electron chi connectivity index (χ4n) is 3.83. The van der Waals surface area contributed by atoms with Crippen molar-refractivity contribution in [2.75, 3.05) is 24.4 Å². The topological polar surface area (TPSA) is 176 Å². The number of aromatic nitrogens is 1. The van der Waals surface area contributed by atoms with Gasteiger partial charge < -0.3 is 21.1 Å². The highest BCUT2D eigenvalue weighted by atomic mass is 32.3. The van der Waals surface area contributed by atoms with Crippen LogP contribution in [0, 0.1) is 5.92 Å². The van der Waals surface area contributed by atoms with Gasteiger partial charge in [-0.1, -0.05) is 6.07 Å². The first-order chi connectivity index (χ1) is 15.2. The quantitative estimate of drug-likeness (QED) is 0.449. The van der Waals surface area contributed by atoms with Crippen LogP contribution >= 0.6 is 11.0 Å². The van der Waals surface area contributed by atoms with Crippen molar-refractivity contribution < 1.29 is 23.4 Å². The largest absolute Gasteiger partial charge is 0.492 e. The highest BCUT2D eigenvalue weighted by Crippen LogP contribution is 2.46. The molecule has 2 aromatic rings. The number of hydrogen-bond donors (Lipinski definition) is 5. The van der Waals surface area contributed by atoms with Crippen LogP contribution in [0.4, 0.5) is 5.69 Å². The molecule has 2 aliphatic rings. The Balaban J connectivity index is 1.43. The summed E-state index contributed by atoms with van der Waals surface area (Å²) in [5, 5.41) is 0. The molecule has 0 aliphatic carbocycles. The van der Waals surface area contributed by atoms with Crippen LogP contribution in [0.25, 0.3) is 0 Å². The fourth-order valence-corrected chi connectivity index (χ4v) is 4.70. The van der Waals surface area contributed by atoms with E-state index in [4.69, 9.17) is 16.2 Å². The Labute approximate surface area is 186 Å². The van der Waals surface area contributed by atoms with Gasteiger partial charge in [-0.3, -0.25) is 28.4 Å². The van der Waals surface area contributed by atoms with Crippen molar-refractivity contribution in [2.24, 2.45) is 21.8 Å². The van der Waals surface area contributed by atoms with E-state index < -0.39 is 16.9 Å². The molecule has 32 heavy (non-hydrogen) atoms. The lowest BCUT2D eigenvalue weighted by Gasteiger charge is -2.34. The lowest BCUT2D eigenvalue weighted by Crippen LogP contribution is -2.41. The number of rotatable bonds is 5. The van der Waals surface area contributed by atoms with E-state index in [1.54, 1.807) is 29.2 Å². The zero-order valence-electron chi connectivity index (χ0n) is 17.1. The van der Waals surface area contributed by atoms with E-state index >= 15 is 0 Å². The molecule has 1 saturated heterocycles. The van der Waals surface area contributed by atoms with Gasteiger partial charge in [0.15, 0.2) is 5.84 Å². The van der Waals surface area contributed by atoms with Gasteiger partial charge in [0.2, 0.25) is 0 Å². The Bertz CT molecular complexity index is 1090. The minimum atomic E-state index is -3.37. The normalized spacial score (nSPS) is 20.4. The number of carbonyl (C=O) groups is 2. The van der Waals surface area contributed by atoms with Crippen LogP contribution in [0.3, 0.4) is 0 Å². The third kappa shape index (κ3) is 4.61. The summed E-state index contributed by atoms with van der Waals surface area (Å²) in [4.78, 5) is 29.9. The molecular weight excluding hydrogens is 436 g/mol. The van der Waals surface area contributed by atoms with Gasteiger partial charge in [0, 0.05) is 30.8 Å². The molecule has 1 fully saturated rings. The summed E-state index contributed by atoms with van der Waals surface area (Å²) in [6, 6.07) is 8.07. The molecule has 11 nitrogen and oxygen atoms in total. The van der Waals surface area contributed by atoms with Gasteiger partial charge in [-0.05, 0) is 48.1 Å². The van der Waals surface area contributed by atoms with Crippen LogP contribution < -0.4 is 20.9 Å². The number of primary amides is 1. The Morgan fingerprint density at radius 3 is 2.91 bits per heavy atom. The molecule has 3 heterocycles. The maximum absolute atomic E-state index is 12.9. The first kappa shape index (κ1) is 21.9.